The van der Waals surface area contributed by atoms with Crippen LogP contribution in [0.2, 0.25) is 0 Å². The van der Waals surface area contributed by atoms with Gasteiger partial charge in [-0.05, 0) is 63.7 Å². The molecule has 1 aliphatic rings. The van der Waals surface area contributed by atoms with E-state index in [4.69, 9.17) is 17.0 Å². The summed E-state index contributed by atoms with van der Waals surface area (Å²) in [5, 5.41) is -0.183. The summed E-state index contributed by atoms with van der Waals surface area (Å²) in [6, 6.07) is 12.1. The molecule has 0 N–H and O–H groups in total. The van der Waals surface area contributed by atoms with Crippen LogP contribution in [0.4, 0.5) is 4.39 Å². The van der Waals surface area contributed by atoms with Crippen LogP contribution >= 0.6 is 39.9 Å². The molecule has 0 aromatic heterocycles. The van der Waals surface area contributed by atoms with Crippen molar-refractivity contribution >= 4 is 50.1 Å². The number of nitrogens with zero attached hydrogens (tertiary/aromatic N) is 1. The molecule has 1 heterocycles. The Bertz CT molecular complexity index is 890. The molecule has 1 aliphatic heterocycles. The predicted molar refractivity (Wildman–Crippen MR) is 119 cm³/mol. The Labute approximate surface area is 182 Å². The molecule has 1 fully saturated rings. The molecule has 3 rings (SSSR count). The molecule has 0 saturated carbocycles. The Hall–Kier alpha value is -1.44. The van der Waals surface area contributed by atoms with Crippen LogP contribution in [0.5, 0.6) is 5.75 Å². The highest BCUT2D eigenvalue weighted by Crippen LogP contribution is 2.33. The van der Waals surface area contributed by atoms with Gasteiger partial charge < -0.3 is 4.74 Å². The number of hydrogen-bond acceptors (Lipinski definition) is 4. The summed E-state index contributed by atoms with van der Waals surface area (Å²) in [6.07, 6.45) is 0.612. The van der Waals surface area contributed by atoms with Crippen LogP contribution in [0.15, 0.2) is 46.9 Å². The number of benzene rings is 2. The summed E-state index contributed by atoms with van der Waals surface area (Å²) >= 11 is 10.4. The maximum absolute atomic E-state index is 13.3. The largest absolute Gasteiger partial charge is 0.488 e. The molecule has 2 aromatic carbocycles. The van der Waals surface area contributed by atoms with Crippen molar-refractivity contribution in [2.24, 2.45) is 5.92 Å². The lowest BCUT2D eigenvalue weighted by Gasteiger charge is -2.17. The van der Waals surface area contributed by atoms with Gasteiger partial charge in [-0.15, -0.1) is 0 Å². The van der Waals surface area contributed by atoms with Crippen LogP contribution in [0.25, 0.3) is 0 Å². The van der Waals surface area contributed by atoms with E-state index in [2.05, 4.69) is 29.8 Å². The number of rotatable bonds is 7. The van der Waals surface area contributed by atoms with Gasteiger partial charge in [-0.1, -0.05) is 56.0 Å². The molecule has 0 bridgehead atoms. The molecular weight excluding hydrogens is 461 g/mol. The van der Waals surface area contributed by atoms with Crippen LogP contribution in [-0.4, -0.2) is 26.9 Å². The first-order valence-electron chi connectivity index (χ1n) is 9.01. The molecule has 0 unspecified atom stereocenters. The van der Waals surface area contributed by atoms with Crippen LogP contribution in [0.1, 0.15) is 25.0 Å². The Morgan fingerprint density at radius 3 is 2.71 bits per heavy atom. The molecule has 0 spiro atoms. The van der Waals surface area contributed by atoms with Crippen molar-refractivity contribution in [2.75, 3.05) is 6.54 Å². The lowest BCUT2D eigenvalue weighted by atomic mass is 10.1. The highest BCUT2D eigenvalue weighted by Gasteiger charge is 2.36. The Morgan fingerprint density at radius 2 is 2.04 bits per heavy atom. The minimum absolute atomic E-state index is 0.0891. The number of carbonyl (C=O) groups is 1. The highest BCUT2D eigenvalue weighted by atomic mass is 79.9. The number of thioether (sulfide) groups is 1. The van der Waals surface area contributed by atoms with E-state index in [0.29, 0.717) is 29.0 Å². The zero-order valence-corrected chi connectivity index (χ0v) is 18.9. The number of halogens is 2. The molecule has 0 radical (unpaired) electrons. The summed E-state index contributed by atoms with van der Waals surface area (Å²) in [4.78, 5) is 14.4. The van der Waals surface area contributed by atoms with E-state index >= 15 is 0 Å². The fourth-order valence-corrected chi connectivity index (χ4v) is 5.04. The molecular formula is C21H21BrFNO2S2. The maximum Gasteiger partial charge on any atom is 0.241 e. The second kappa shape index (κ2) is 9.37. The van der Waals surface area contributed by atoms with Gasteiger partial charge in [-0.3, -0.25) is 9.69 Å². The molecule has 2 aromatic rings. The number of hydrogen-bond donors (Lipinski definition) is 0. The summed E-state index contributed by atoms with van der Waals surface area (Å²) in [5.41, 5.74) is 1.80. The quantitative estimate of drug-likeness (QED) is 0.481. The Balaban J connectivity index is 1.63. The van der Waals surface area contributed by atoms with Gasteiger partial charge in [0.1, 0.15) is 22.5 Å². The second-order valence-corrected chi connectivity index (χ2v) is 9.79. The van der Waals surface area contributed by atoms with Crippen LogP contribution in [-0.2, 0) is 17.8 Å². The molecule has 3 nitrogen and oxygen atoms in total. The molecule has 1 atom stereocenters. The van der Waals surface area contributed by atoms with Crippen molar-refractivity contribution in [2.45, 2.75) is 32.1 Å². The van der Waals surface area contributed by atoms with Crippen LogP contribution in [0, 0.1) is 11.7 Å². The monoisotopic (exact) mass is 481 g/mol. The minimum Gasteiger partial charge on any atom is -0.488 e. The van der Waals surface area contributed by atoms with E-state index in [9.17, 15) is 9.18 Å². The average Bonchev–Trinajstić information content (AvgIpc) is 2.88. The zero-order chi connectivity index (χ0) is 20.3. The number of thiocarbonyl (C=S) groups is 1. The predicted octanol–water partition coefficient (Wildman–Crippen LogP) is 5.59. The Morgan fingerprint density at radius 1 is 1.25 bits per heavy atom. The van der Waals surface area contributed by atoms with Gasteiger partial charge in [0.25, 0.3) is 0 Å². The topological polar surface area (TPSA) is 29.5 Å². The number of carbonyl (C=O) groups excluding carboxylic acids is 1. The average molecular weight is 482 g/mol. The number of amides is 1. The summed E-state index contributed by atoms with van der Waals surface area (Å²) < 4.78 is 20.5. The van der Waals surface area contributed by atoms with E-state index in [1.807, 2.05) is 24.3 Å². The molecule has 0 aliphatic carbocycles. The first-order valence-corrected chi connectivity index (χ1v) is 11.1. The molecule has 148 valence electrons. The van der Waals surface area contributed by atoms with E-state index in [1.54, 1.807) is 11.0 Å². The fraction of sp³-hybridized carbons (Fsp3) is 0.333. The summed E-state index contributed by atoms with van der Waals surface area (Å²) in [5.74, 6) is 0.866. The zero-order valence-electron chi connectivity index (χ0n) is 15.7. The molecule has 7 heteroatoms. The van der Waals surface area contributed by atoms with E-state index < -0.39 is 0 Å². The SMILES string of the molecule is CC(C)CN1C(=O)[C@@H](Cc2ccc(OCc3cccc(F)c3)c(Br)c2)SC1=S. The van der Waals surface area contributed by atoms with Crippen molar-refractivity contribution in [3.63, 3.8) is 0 Å². The van der Waals surface area contributed by atoms with Gasteiger partial charge in [0.05, 0.1) is 9.72 Å². The van der Waals surface area contributed by atoms with Crippen LogP contribution in [0.3, 0.4) is 0 Å². The van der Waals surface area contributed by atoms with E-state index in [0.717, 1.165) is 15.6 Å². The third-order valence-corrected chi connectivity index (χ3v) is 6.46. The molecule has 1 amide bonds. The normalized spacial score (nSPS) is 16.9. The smallest absolute Gasteiger partial charge is 0.241 e. The Kier molecular flexibility index (Phi) is 7.12. The lowest BCUT2D eigenvalue weighted by molar-refractivity contribution is -0.126. The van der Waals surface area contributed by atoms with Gasteiger partial charge in [0.15, 0.2) is 0 Å². The molecule has 1 saturated heterocycles. The third-order valence-electron chi connectivity index (χ3n) is 4.25. The van der Waals surface area contributed by atoms with Gasteiger partial charge in [0.2, 0.25) is 5.91 Å². The summed E-state index contributed by atoms with van der Waals surface area (Å²) in [6.45, 7) is 5.10. The highest BCUT2D eigenvalue weighted by molar-refractivity contribution is 9.10. The van der Waals surface area contributed by atoms with Crippen molar-refractivity contribution in [3.05, 3.63) is 63.9 Å². The first-order chi connectivity index (χ1) is 13.3. The van der Waals surface area contributed by atoms with Crippen molar-refractivity contribution < 1.29 is 13.9 Å². The van der Waals surface area contributed by atoms with Crippen molar-refractivity contribution in [1.82, 2.24) is 4.90 Å². The number of ether oxygens (including phenoxy) is 1. The van der Waals surface area contributed by atoms with Crippen molar-refractivity contribution in [3.8, 4) is 5.75 Å². The standard InChI is InChI=1S/C21H21BrFNO2S2/c1-13(2)11-24-20(25)19(28-21(24)27)10-14-6-7-18(17(22)9-14)26-12-15-4-3-5-16(23)8-15/h3-9,13,19H,10-12H2,1-2H3/t19-/m1/s1. The second-order valence-electron chi connectivity index (χ2n) is 7.10. The maximum atomic E-state index is 13.3. The first kappa shape index (κ1) is 21.3. The minimum atomic E-state index is -0.279. The van der Waals surface area contributed by atoms with E-state index in [1.165, 1.54) is 23.9 Å². The van der Waals surface area contributed by atoms with Gasteiger partial charge in [0, 0.05) is 6.54 Å². The van der Waals surface area contributed by atoms with Gasteiger partial charge in [-0.25, -0.2) is 4.39 Å². The summed E-state index contributed by atoms with van der Waals surface area (Å²) in [7, 11) is 0. The molecule has 28 heavy (non-hydrogen) atoms. The van der Waals surface area contributed by atoms with Gasteiger partial charge >= 0.3 is 0 Å². The van der Waals surface area contributed by atoms with Crippen molar-refractivity contribution in [1.29, 1.82) is 0 Å². The van der Waals surface area contributed by atoms with Crippen LogP contribution < -0.4 is 4.74 Å². The third kappa shape index (κ3) is 5.33. The van der Waals surface area contributed by atoms with Gasteiger partial charge in [-0.2, -0.15) is 0 Å². The lowest BCUT2D eigenvalue weighted by Crippen LogP contribution is -2.34. The van der Waals surface area contributed by atoms with E-state index in [-0.39, 0.29) is 23.6 Å². The fourth-order valence-electron chi connectivity index (χ4n) is 2.95.